The Hall–Kier alpha value is -2.71. The number of rotatable bonds is 9. The lowest BCUT2D eigenvalue weighted by Gasteiger charge is -2.22. The summed E-state index contributed by atoms with van der Waals surface area (Å²) >= 11 is 0. The first-order valence-corrected chi connectivity index (χ1v) is 13.8. The van der Waals surface area contributed by atoms with Crippen molar-refractivity contribution in [3.8, 4) is 17.2 Å². The van der Waals surface area contributed by atoms with E-state index in [-0.39, 0.29) is 0 Å². The van der Waals surface area contributed by atoms with E-state index < -0.39 is 7.82 Å². The van der Waals surface area contributed by atoms with Gasteiger partial charge in [-0.2, -0.15) is 4.57 Å². The van der Waals surface area contributed by atoms with Gasteiger partial charge in [-0.1, -0.05) is 59.7 Å². The van der Waals surface area contributed by atoms with Crippen LogP contribution in [0.2, 0.25) is 0 Å². The van der Waals surface area contributed by atoms with Crippen LogP contribution in [-0.4, -0.2) is 0 Å². The Bertz CT molecular complexity index is 1080. The molecule has 0 aliphatic carbocycles. The predicted molar refractivity (Wildman–Crippen MR) is 145 cm³/mol. The molecule has 0 amide bonds. The van der Waals surface area contributed by atoms with Gasteiger partial charge >= 0.3 is 7.82 Å². The summed E-state index contributed by atoms with van der Waals surface area (Å²) in [5, 5.41) is 0. The van der Waals surface area contributed by atoms with Gasteiger partial charge in [0.15, 0.2) is 0 Å². The molecule has 0 atom stereocenters. The van der Waals surface area contributed by atoms with Crippen LogP contribution in [0.15, 0.2) is 54.6 Å². The molecule has 0 saturated carbocycles. The minimum Gasteiger partial charge on any atom is -0.386 e. The Morgan fingerprint density at radius 2 is 0.771 bits per heavy atom. The summed E-state index contributed by atoms with van der Waals surface area (Å²) in [6.45, 7) is 18.9. The second-order valence-electron chi connectivity index (χ2n) is 10.2. The maximum Gasteiger partial charge on any atom is 0.647 e. The molecule has 0 aromatic heterocycles. The Kier molecular flexibility index (Phi) is 8.38. The largest absolute Gasteiger partial charge is 0.647 e. The molecule has 0 saturated heterocycles. The molecule has 0 unspecified atom stereocenters. The molecular formula is C30H39O4P. The van der Waals surface area contributed by atoms with E-state index in [1.807, 2.05) is 75.4 Å². The average Bonchev–Trinajstić information content (AvgIpc) is 2.72. The monoisotopic (exact) mass is 494 g/mol. The molecule has 5 heteroatoms. The Labute approximate surface area is 211 Å². The summed E-state index contributed by atoms with van der Waals surface area (Å²) < 4.78 is 32.0. The lowest BCUT2D eigenvalue weighted by atomic mass is 9.98. The van der Waals surface area contributed by atoms with Crippen LogP contribution in [0.1, 0.15) is 92.7 Å². The Morgan fingerprint density at radius 3 is 0.971 bits per heavy atom. The van der Waals surface area contributed by atoms with Crippen molar-refractivity contribution < 1.29 is 18.1 Å². The van der Waals surface area contributed by atoms with E-state index in [9.17, 15) is 4.57 Å². The highest BCUT2D eigenvalue weighted by molar-refractivity contribution is 7.49. The lowest BCUT2D eigenvalue weighted by Crippen LogP contribution is -2.09. The van der Waals surface area contributed by atoms with E-state index >= 15 is 0 Å². The van der Waals surface area contributed by atoms with Crippen molar-refractivity contribution in [3.05, 3.63) is 88.0 Å². The third kappa shape index (κ3) is 6.70. The molecule has 0 aliphatic heterocycles. The van der Waals surface area contributed by atoms with Crippen LogP contribution < -0.4 is 13.6 Å². The van der Waals surface area contributed by atoms with Gasteiger partial charge in [-0.05, 0) is 108 Å². The van der Waals surface area contributed by atoms with Crippen LogP contribution in [0.4, 0.5) is 0 Å². The fourth-order valence-electron chi connectivity index (χ4n) is 4.50. The van der Waals surface area contributed by atoms with Crippen LogP contribution in [-0.2, 0) is 4.57 Å². The topological polar surface area (TPSA) is 44.8 Å². The number of hydrogen-bond acceptors (Lipinski definition) is 4. The molecule has 3 aromatic carbocycles. The Balaban J connectivity index is 1.97. The summed E-state index contributed by atoms with van der Waals surface area (Å²) in [6.07, 6.45) is 0. The molecule has 3 aromatic rings. The average molecular weight is 495 g/mol. The molecule has 35 heavy (non-hydrogen) atoms. The van der Waals surface area contributed by atoms with E-state index in [1.165, 1.54) is 16.7 Å². The highest BCUT2D eigenvalue weighted by Crippen LogP contribution is 2.50. The first kappa shape index (κ1) is 26.9. The summed E-state index contributed by atoms with van der Waals surface area (Å²) in [5.74, 6) is 2.48. The van der Waals surface area contributed by atoms with Gasteiger partial charge in [0.25, 0.3) is 0 Å². The summed E-state index contributed by atoms with van der Waals surface area (Å²) in [4.78, 5) is 0. The quantitative estimate of drug-likeness (QED) is 0.278. The summed E-state index contributed by atoms with van der Waals surface area (Å²) in [7, 11) is -4.06. The maximum atomic E-state index is 14.0. The molecule has 0 fully saturated rings. The van der Waals surface area contributed by atoms with Crippen molar-refractivity contribution in [2.24, 2.45) is 0 Å². The smallest absolute Gasteiger partial charge is 0.386 e. The normalized spacial score (nSPS) is 11.9. The van der Waals surface area contributed by atoms with Crippen molar-refractivity contribution in [1.29, 1.82) is 0 Å². The van der Waals surface area contributed by atoms with Crippen LogP contribution in [0.25, 0.3) is 0 Å². The van der Waals surface area contributed by atoms with E-state index in [0.717, 1.165) is 16.7 Å². The van der Waals surface area contributed by atoms with Gasteiger partial charge in [-0.15, -0.1) is 0 Å². The first-order chi connectivity index (χ1) is 16.4. The van der Waals surface area contributed by atoms with Gasteiger partial charge in [0.2, 0.25) is 0 Å². The third-order valence-electron chi connectivity index (χ3n) is 6.24. The van der Waals surface area contributed by atoms with E-state index in [0.29, 0.717) is 35.0 Å². The van der Waals surface area contributed by atoms with Crippen molar-refractivity contribution >= 4 is 7.82 Å². The molecule has 0 radical (unpaired) electrons. The van der Waals surface area contributed by atoms with Gasteiger partial charge in [-0.25, -0.2) is 0 Å². The molecule has 0 N–H and O–H groups in total. The van der Waals surface area contributed by atoms with Crippen molar-refractivity contribution in [2.75, 3.05) is 0 Å². The zero-order chi connectivity index (χ0) is 25.9. The summed E-state index contributed by atoms with van der Waals surface area (Å²) in [5.41, 5.74) is 6.85. The highest BCUT2D eigenvalue weighted by atomic mass is 31.2. The number of hydrogen-bond donors (Lipinski definition) is 0. The molecule has 188 valence electrons. The number of phosphoric ester groups is 1. The van der Waals surface area contributed by atoms with Gasteiger partial charge in [0, 0.05) is 0 Å². The Morgan fingerprint density at radius 1 is 0.514 bits per heavy atom. The molecular weight excluding hydrogens is 455 g/mol. The predicted octanol–water partition coefficient (Wildman–Crippen LogP) is 9.63. The van der Waals surface area contributed by atoms with Crippen molar-refractivity contribution in [1.82, 2.24) is 0 Å². The van der Waals surface area contributed by atoms with Crippen LogP contribution in [0.5, 0.6) is 17.2 Å². The van der Waals surface area contributed by atoms with Gasteiger partial charge in [-0.3, -0.25) is 0 Å². The molecule has 0 bridgehead atoms. The van der Waals surface area contributed by atoms with Crippen LogP contribution in [0.3, 0.4) is 0 Å². The molecule has 0 heterocycles. The van der Waals surface area contributed by atoms with Crippen molar-refractivity contribution in [3.63, 3.8) is 0 Å². The zero-order valence-electron chi connectivity index (χ0n) is 22.5. The van der Waals surface area contributed by atoms with E-state index in [1.54, 1.807) is 0 Å². The van der Waals surface area contributed by atoms with E-state index in [4.69, 9.17) is 13.6 Å². The lowest BCUT2D eigenvalue weighted by molar-refractivity contribution is 0.298. The SMILES string of the molecule is Cc1cc(OP(=O)(Oc2ccc(C(C)C)c(C)c2)Oc2ccc(C(C)C)c(C)c2)ccc1C(C)C. The van der Waals surface area contributed by atoms with Gasteiger partial charge < -0.3 is 13.6 Å². The first-order valence-electron chi connectivity index (χ1n) is 12.4. The molecule has 0 spiro atoms. The molecule has 4 nitrogen and oxygen atoms in total. The van der Waals surface area contributed by atoms with Crippen LogP contribution >= 0.6 is 7.82 Å². The second kappa shape index (κ2) is 10.9. The molecule has 0 aliphatic rings. The summed E-state index contributed by atoms with van der Waals surface area (Å²) in [6, 6.07) is 17.1. The van der Waals surface area contributed by atoms with Crippen molar-refractivity contribution in [2.45, 2.75) is 80.1 Å². The minimum absolute atomic E-state index is 0.383. The highest BCUT2D eigenvalue weighted by Gasteiger charge is 2.34. The van der Waals surface area contributed by atoms with Crippen LogP contribution in [0, 0.1) is 20.8 Å². The zero-order valence-corrected chi connectivity index (χ0v) is 23.4. The fraction of sp³-hybridized carbons (Fsp3) is 0.400. The van der Waals surface area contributed by atoms with Gasteiger partial charge in [0.1, 0.15) is 17.2 Å². The number of aryl methyl sites for hydroxylation is 3. The standard InChI is InChI=1S/C30H39O4P/c1-19(2)28-13-10-25(16-22(28)7)32-35(31,33-26-11-14-29(20(3)4)23(8)17-26)34-27-12-15-30(21(5)6)24(9)18-27/h10-21H,1-9H3. The maximum absolute atomic E-state index is 14.0. The minimum atomic E-state index is -4.06. The molecule has 3 rings (SSSR count). The number of benzene rings is 3. The van der Waals surface area contributed by atoms with Gasteiger partial charge in [0.05, 0.1) is 0 Å². The fourth-order valence-corrected chi connectivity index (χ4v) is 5.73. The van der Waals surface area contributed by atoms with E-state index in [2.05, 4.69) is 41.5 Å². The second-order valence-corrected chi connectivity index (χ2v) is 11.7. The number of phosphoric acid groups is 1. The third-order valence-corrected chi connectivity index (χ3v) is 7.54.